The van der Waals surface area contributed by atoms with E-state index < -0.39 is 64.1 Å². The maximum Gasteiger partial charge on any atom is 0.333 e. The van der Waals surface area contributed by atoms with E-state index in [1.165, 1.54) is 32.9 Å². The molecule has 1 saturated heterocycles. The van der Waals surface area contributed by atoms with E-state index in [4.69, 9.17) is 9.84 Å². The van der Waals surface area contributed by atoms with Crippen molar-refractivity contribution in [3.63, 3.8) is 0 Å². The zero-order chi connectivity index (χ0) is 22.9. The van der Waals surface area contributed by atoms with Crippen LogP contribution in [-0.4, -0.2) is 51.4 Å². The van der Waals surface area contributed by atoms with Crippen molar-refractivity contribution in [1.29, 1.82) is 0 Å². The number of allylic oxidation sites excluding steroid dienone is 4. The molecule has 5 atom stereocenters. The van der Waals surface area contributed by atoms with Crippen molar-refractivity contribution in [3.05, 3.63) is 36.5 Å². The van der Waals surface area contributed by atoms with E-state index in [0.29, 0.717) is 12.2 Å². The summed E-state index contributed by atoms with van der Waals surface area (Å²) in [6.07, 6.45) is 7.10. The number of esters is 1. The minimum atomic E-state index is -1.91. The Morgan fingerprint density at radius 3 is 2.27 bits per heavy atom. The molecule has 2 unspecified atom stereocenters. The molecule has 0 bridgehead atoms. The number of carbonyl (C=O) groups excluding carboxylic acids is 5. The Hall–Kier alpha value is -3.36. The van der Waals surface area contributed by atoms with Crippen molar-refractivity contribution < 1.29 is 38.6 Å². The van der Waals surface area contributed by atoms with Gasteiger partial charge in [0.1, 0.15) is 5.54 Å². The van der Waals surface area contributed by atoms with Crippen LogP contribution in [0, 0.1) is 17.8 Å². The van der Waals surface area contributed by atoms with Gasteiger partial charge in [0.2, 0.25) is 5.91 Å². The molecular weight excluding hydrogens is 394 g/mol. The second kappa shape index (κ2) is 8.17. The molecule has 2 aliphatic rings. The second-order valence-electron chi connectivity index (χ2n) is 7.59. The number of carbonyl (C=O) groups is 6. The third-order valence-corrected chi connectivity index (χ3v) is 5.52. The van der Waals surface area contributed by atoms with Crippen LogP contribution in [0.5, 0.6) is 0 Å². The summed E-state index contributed by atoms with van der Waals surface area (Å²) in [6.45, 7) is 5.66. The van der Waals surface area contributed by atoms with Crippen LogP contribution in [0.2, 0.25) is 0 Å². The summed E-state index contributed by atoms with van der Waals surface area (Å²) in [5.41, 5.74) is -3.72. The topological polar surface area (TPSA) is 144 Å². The number of nitrogens with one attached hydrogen (secondary N) is 1. The zero-order valence-corrected chi connectivity index (χ0v) is 17.0. The maximum absolute atomic E-state index is 12.9. The second-order valence-corrected chi connectivity index (χ2v) is 7.59. The lowest BCUT2D eigenvalue weighted by Gasteiger charge is -2.43. The molecule has 0 aromatic carbocycles. The molecular formula is C21H23NO8. The van der Waals surface area contributed by atoms with Crippen LogP contribution in [0.4, 0.5) is 0 Å². The third kappa shape index (κ3) is 3.74. The summed E-state index contributed by atoms with van der Waals surface area (Å²) in [5.74, 6) is -9.17. The van der Waals surface area contributed by atoms with Gasteiger partial charge in [-0.1, -0.05) is 18.2 Å². The van der Waals surface area contributed by atoms with Crippen molar-refractivity contribution in [2.45, 2.75) is 38.8 Å². The number of rotatable bonds is 6. The average Bonchev–Trinajstić information content (AvgIpc) is 2.86. The van der Waals surface area contributed by atoms with Gasteiger partial charge in [-0.3, -0.25) is 19.2 Å². The van der Waals surface area contributed by atoms with Gasteiger partial charge in [-0.05, 0) is 33.8 Å². The van der Waals surface area contributed by atoms with Gasteiger partial charge >= 0.3 is 11.9 Å². The fraction of sp³-hybridized carbons (Fsp3) is 0.429. The van der Waals surface area contributed by atoms with Crippen LogP contribution in [-0.2, 0) is 33.5 Å². The van der Waals surface area contributed by atoms with E-state index in [1.807, 2.05) is 0 Å². The van der Waals surface area contributed by atoms with Crippen molar-refractivity contribution in [1.82, 2.24) is 5.32 Å². The molecule has 2 fully saturated rings. The molecule has 0 radical (unpaired) electrons. The number of aliphatic carboxylic acids is 1. The van der Waals surface area contributed by atoms with Crippen LogP contribution >= 0.6 is 0 Å². The first-order chi connectivity index (χ1) is 13.9. The van der Waals surface area contributed by atoms with Gasteiger partial charge in [0, 0.05) is 12.2 Å². The Kier molecular flexibility index (Phi) is 6.25. The van der Waals surface area contributed by atoms with Gasteiger partial charge in [-0.25, -0.2) is 9.59 Å². The summed E-state index contributed by atoms with van der Waals surface area (Å²) in [4.78, 5) is 74.3. The number of amides is 1. The summed E-state index contributed by atoms with van der Waals surface area (Å²) in [5, 5.41) is 11.0. The smallest absolute Gasteiger partial charge is 0.333 e. The Morgan fingerprint density at radius 2 is 1.70 bits per heavy atom. The monoisotopic (exact) mass is 417 g/mol. The zero-order valence-electron chi connectivity index (χ0n) is 17.0. The highest BCUT2D eigenvalue weighted by atomic mass is 16.6. The Labute approximate surface area is 172 Å². The highest BCUT2D eigenvalue weighted by Crippen LogP contribution is 2.50. The Morgan fingerprint density at radius 1 is 1.07 bits per heavy atom. The number of carboxylic acid groups (broad SMARTS) is 1. The van der Waals surface area contributed by atoms with Crippen LogP contribution in [0.25, 0.3) is 0 Å². The van der Waals surface area contributed by atoms with E-state index in [2.05, 4.69) is 5.32 Å². The minimum Gasteiger partial charge on any atom is -0.478 e. The quantitative estimate of drug-likeness (QED) is 0.276. The lowest BCUT2D eigenvalue weighted by Crippen LogP contribution is -2.65. The van der Waals surface area contributed by atoms with Crippen molar-refractivity contribution in [2.75, 3.05) is 0 Å². The molecule has 2 rings (SSSR count). The molecule has 30 heavy (non-hydrogen) atoms. The van der Waals surface area contributed by atoms with E-state index in [1.54, 1.807) is 19.1 Å². The molecule has 0 spiro atoms. The average molecular weight is 417 g/mol. The van der Waals surface area contributed by atoms with Crippen LogP contribution in [0.15, 0.2) is 36.5 Å². The van der Waals surface area contributed by atoms with E-state index >= 15 is 0 Å². The number of ether oxygens (including phenoxy) is 1. The molecule has 1 aliphatic carbocycles. The van der Waals surface area contributed by atoms with E-state index in [9.17, 15) is 28.8 Å². The van der Waals surface area contributed by atoms with Gasteiger partial charge in [-0.15, -0.1) is 0 Å². The highest BCUT2D eigenvalue weighted by Gasteiger charge is 2.72. The van der Waals surface area contributed by atoms with Gasteiger partial charge in [0.05, 0.1) is 17.8 Å². The molecule has 9 heteroatoms. The van der Waals surface area contributed by atoms with Crippen molar-refractivity contribution in [3.8, 4) is 0 Å². The van der Waals surface area contributed by atoms with Gasteiger partial charge in [-0.2, -0.15) is 0 Å². The first-order valence-electron chi connectivity index (χ1n) is 9.28. The number of hydrogen-bond acceptors (Lipinski definition) is 7. The molecule has 9 nitrogen and oxygen atoms in total. The van der Waals surface area contributed by atoms with Gasteiger partial charge in [0.15, 0.2) is 23.0 Å². The van der Waals surface area contributed by atoms with E-state index in [0.717, 1.165) is 0 Å². The predicted octanol–water partition coefficient (Wildman–Crippen LogP) is 0.539. The molecule has 1 saturated carbocycles. The lowest BCUT2D eigenvalue weighted by atomic mass is 9.58. The Balaban J connectivity index is 2.57. The first-order valence-corrected chi connectivity index (χ1v) is 9.28. The number of carboxylic acids is 1. The van der Waals surface area contributed by atoms with Gasteiger partial charge in [0.25, 0.3) is 0 Å². The fourth-order valence-corrected chi connectivity index (χ4v) is 4.13. The van der Waals surface area contributed by atoms with Gasteiger partial charge < -0.3 is 15.2 Å². The number of ketones is 3. The summed E-state index contributed by atoms with van der Waals surface area (Å²) in [7, 11) is 0. The Bertz CT molecular complexity index is 914. The lowest BCUT2D eigenvalue weighted by molar-refractivity contribution is -0.168. The standard InChI is InChI=1S/C21H23NO8/c1-5-6-7-8-12(23)15-16(27)11(2)18(28)21(4)17(15)20(3,19(29)30-21)22-13(24)9-10-14(25)26/h5-11,15,17H,1-4H3,(H,22,24)(H,25,26)/t11?,15?,17-,20+,21+/m1/s1. The summed E-state index contributed by atoms with van der Waals surface area (Å²) >= 11 is 0. The maximum atomic E-state index is 12.9. The van der Waals surface area contributed by atoms with Crippen LogP contribution in [0.1, 0.15) is 27.7 Å². The summed E-state index contributed by atoms with van der Waals surface area (Å²) in [6, 6.07) is 0. The molecule has 0 aromatic heterocycles. The number of hydrogen-bond donors (Lipinski definition) is 2. The van der Waals surface area contributed by atoms with Crippen LogP contribution < -0.4 is 5.32 Å². The summed E-state index contributed by atoms with van der Waals surface area (Å²) < 4.78 is 5.35. The van der Waals surface area contributed by atoms with Crippen molar-refractivity contribution in [2.24, 2.45) is 17.8 Å². The predicted molar refractivity (Wildman–Crippen MR) is 103 cm³/mol. The largest absolute Gasteiger partial charge is 0.478 e. The fourth-order valence-electron chi connectivity index (χ4n) is 4.13. The SMILES string of the molecule is CC=CC=CC(=O)C1C(=O)C(C)C(=O)[C@@]2(C)OC(=O)[C@@](C)(NC(=O)C=CC(=O)O)[C@@H]12. The molecule has 0 aromatic rings. The number of Topliss-reactive ketones (excluding diaryl/α,β-unsaturated/α-hetero) is 2. The molecule has 2 N–H and O–H groups in total. The van der Waals surface area contributed by atoms with Crippen molar-refractivity contribution >= 4 is 35.2 Å². The molecule has 1 heterocycles. The number of fused-ring (bicyclic) bond motifs is 1. The van der Waals surface area contributed by atoms with E-state index in [-0.39, 0.29) is 0 Å². The molecule has 1 amide bonds. The normalized spacial score (nSPS) is 33.9. The van der Waals surface area contributed by atoms with Crippen LogP contribution in [0.3, 0.4) is 0 Å². The highest BCUT2D eigenvalue weighted by molar-refractivity contribution is 6.20. The molecule has 1 aliphatic heterocycles. The third-order valence-electron chi connectivity index (χ3n) is 5.52. The minimum absolute atomic E-state index is 0.569. The first kappa shape index (κ1) is 22.9. The molecule has 160 valence electrons.